The second-order valence-electron chi connectivity index (χ2n) is 3.54. The zero-order chi connectivity index (χ0) is 10.5. The lowest BCUT2D eigenvalue weighted by molar-refractivity contribution is -0.0542. The van der Waals surface area contributed by atoms with Gasteiger partial charge in [-0.3, -0.25) is 4.98 Å². The van der Waals surface area contributed by atoms with Crippen molar-refractivity contribution in [1.29, 1.82) is 0 Å². The van der Waals surface area contributed by atoms with Gasteiger partial charge in [-0.2, -0.15) is 0 Å². The molecule has 0 saturated carbocycles. The predicted molar refractivity (Wildman–Crippen MR) is 54.1 cm³/mol. The van der Waals surface area contributed by atoms with Crippen LogP contribution in [0.1, 0.15) is 24.5 Å². The number of aromatic nitrogens is 1. The first-order chi connectivity index (χ1) is 7.36. The van der Waals surface area contributed by atoms with E-state index in [1.165, 1.54) is 0 Å². The van der Waals surface area contributed by atoms with Gasteiger partial charge in [0.2, 0.25) is 0 Å². The average molecular weight is 209 g/mol. The van der Waals surface area contributed by atoms with Crippen LogP contribution in [0.15, 0.2) is 24.5 Å². The van der Waals surface area contributed by atoms with Crippen molar-refractivity contribution in [2.45, 2.75) is 25.2 Å². The fourth-order valence-corrected chi connectivity index (χ4v) is 1.62. The van der Waals surface area contributed by atoms with Crippen molar-refractivity contribution in [3.63, 3.8) is 0 Å². The Labute approximate surface area is 88.9 Å². The second-order valence-corrected chi connectivity index (χ2v) is 3.54. The van der Waals surface area contributed by atoms with E-state index >= 15 is 0 Å². The van der Waals surface area contributed by atoms with Gasteiger partial charge >= 0.3 is 0 Å². The van der Waals surface area contributed by atoms with E-state index in [9.17, 15) is 5.11 Å². The van der Waals surface area contributed by atoms with Gasteiger partial charge in [0.25, 0.3) is 0 Å². The SMILES string of the molecule is OC(CCC1OCCO1)c1ccncc1. The molecule has 1 fully saturated rings. The zero-order valence-corrected chi connectivity index (χ0v) is 8.50. The van der Waals surface area contributed by atoms with E-state index in [1.807, 2.05) is 12.1 Å². The molecule has 0 aromatic carbocycles. The summed E-state index contributed by atoms with van der Waals surface area (Å²) < 4.78 is 10.6. The summed E-state index contributed by atoms with van der Waals surface area (Å²) in [5.74, 6) is 0. The molecule has 1 atom stereocenters. The highest BCUT2D eigenvalue weighted by atomic mass is 16.7. The topological polar surface area (TPSA) is 51.6 Å². The molecular formula is C11H15NO3. The molecule has 4 heteroatoms. The highest BCUT2D eigenvalue weighted by molar-refractivity contribution is 5.12. The van der Waals surface area contributed by atoms with Gasteiger partial charge in [0.15, 0.2) is 6.29 Å². The Hall–Kier alpha value is -0.970. The van der Waals surface area contributed by atoms with E-state index in [4.69, 9.17) is 9.47 Å². The maximum Gasteiger partial charge on any atom is 0.157 e. The van der Waals surface area contributed by atoms with Gasteiger partial charge in [0.05, 0.1) is 19.3 Å². The summed E-state index contributed by atoms with van der Waals surface area (Å²) in [5, 5.41) is 9.84. The van der Waals surface area contributed by atoms with Crippen molar-refractivity contribution in [2.24, 2.45) is 0 Å². The highest BCUT2D eigenvalue weighted by Crippen LogP contribution is 2.20. The smallest absolute Gasteiger partial charge is 0.157 e. The third-order valence-corrected chi connectivity index (χ3v) is 2.46. The number of ether oxygens (including phenoxy) is 2. The monoisotopic (exact) mass is 209 g/mol. The second kappa shape index (κ2) is 5.21. The average Bonchev–Trinajstić information content (AvgIpc) is 2.80. The summed E-state index contributed by atoms with van der Waals surface area (Å²) in [6, 6.07) is 3.64. The molecule has 0 amide bonds. The number of rotatable bonds is 4. The van der Waals surface area contributed by atoms with Crippen LogP contribution in [0.2, 0.25) is 0 Å². The largest absolute Gasteiger partial charge is 0.388 e. The fraction of sp³-hybridized carbons (Fsp3) is 0.545. The first-order valence-electron chi connectivity index (χ1n) is 5.17. The minimum absolute atomic E-state index is 0.138. The van der Waals surface area contributed by atoms with Crippen molar-refractivity contribution in [3.05, 3.63) is 30.1 Å². The van der Waals surface area contributed by atoms with Crippen LogP contribution in [0.5, 0.6) is 0 Å². The number of nitrogens with zero attached hydrogens (tertiary/aromatic N) is 1. The van der Waals surface area contributed by atoms with Crippen LogP contribution < -0.4 is 0 Å². The Morgan fingerprint density at radius 1 is 1.33 bits per heavy atom. The van der Waals surface area contributed by atoms with Gasteiger partial charge in [-0.25, -0.2) is 0 Å². The van der Waals surface area contributed by atoms with Gasteiger partial charge in [-0.15, -0.1) is 0 Å². The number of aliphatic hydroxyl groups is 1. The van der Waals surface area contributed by atoms with Gasteiger partial charge in [-0.1, -0.05) is 0 Å². The van der Waals surface area contributed by atoms with Crippen LogP contribution in [0.3, 0.4) is 0 Å². The number of hydrogen-bond donors (Lipinski definition) is 1. The van der Waals surface area contributed by atoms with E-state index < -0.39 is 6.10 Å². The molecule has 0 radical (unpaired) electrons. The molecule has 1 N–H and O–H groups in total. The summed E-state index contributed by atoms with van der Waals surface area (Å²) in [4.78, 5) is 3.90. The van der Waals surface area contributed by atoms with Crippen molar-refractivity contribution >= 4 is 0 Å². The molecule has 0 bridgehead atoms. The normalized spacial score (nSPS) is 19.3. The molecule has 1 aromatic rings. The quantitative estimate of drug-likeness (QED) is 0.811. The van der Waals surface area contributed by atoms with Gasteiger partial charge in [-0.05, 0) is 24.1 Å². The van der Waals surface area contributed by atoms with E-state index in [1.54, 1.807) is 12.4 Å². The van der Waals surface area contributed by atoms with Crippen molar-refractivity contribution in [2.75, 3.05) is 13.2 Å². The van der Waals surface area contributed by atoms with Crippen molar-refractivity contribution in [3.8, 4) is 0 Å². The van der Waals surface area contributed by atoms with Gasteiger partial charge < -0.3 is 14.6 Å². The van der Waals surface area contributed by atoms with Crippen molar-refractivity contribution < 1.29 is 14.6 Å². The third-order valence-electron chi connectivity index (χ3n) is 2.46. The summed E-state index contributed by atoms with van der Waals surface area (Å²) >= 11 is 0. The Kier molecular flexibility index (Phi) is 3.66. The molecule has 1 saturated heterocycles. The first kappa shape index (κ1) is 10.5. The van der Waals surface area contributed by atoms with Crippen LogP contribution in [0, 0.1) is 0 Å². The standard InChI is InChI=1S/C11H15NO3/c13-10(9-3-5-12-6-4-9)1-2-11-14-7-8-15-11/h3-6,10-11,13H,1-2,7-8H2. The lowest BCUT2D eigenvalue weighted by atomic mass is 10.1. The molecule has 0 spiro atoms. The van der Waals surface area contributed by atoms with Crippen LogP contribution in [-0.4, -0.2) is 29.6 Å². The molecule has 2 rings (SSSR count). The molecule has 1 aliphatic heterocycles. The Balaban J connectivity index is 1.79. The van der Waals surface area contributed by atoms with E-state index in [0.717, 1.165) is 12.0 Å². The molecule has 1 aromatic heterocycles. The maximum absolute atomic E-state index is 9.84. The van der Waals surface area contributed by atoms with E-state index in [2.05, 4.69) is 4.98 Å². The summed E-state index contributed by atoms with van der Waals surface area (Å²) in [6.07, 6.45) is 4.14. The minimum atomic E-state index is -0.458. The molecule has 0 aliphatic carbocycles. The number of aliphatic hydroxyl groups excluding tert-OH is 1. The Bertz CT molecular complexity index is 285. The van der Waals surface area contributed by atoms with Crippen LogP contribution in [0.4, 0.5) is 0 Å². The molecule has 1 unspecified atom stereocenters. The van der Waals surface area contributed by atoms with Crippen LogP contribution in [-0.2, 0) is 9.47 Å². The lowest BCUT2D eigenvalue weighted by Gasteiger charge is -2.13. The third kappa shape index (κ3) is 2.99. The Morgan fingerprint density at radius 2 is 2.00 bits per heavy atom. The molecule has 82 valence electrons. The van der Waals surface area contributed by atoms with Crippen LogP contribution in [0.25, 0.3) is 0 Å². The van der Waals surface area contributed by atoms with E-state index in [0.29, 0.717) is 19.6 Å². The predicted octanol–water partition coefficient (Wildman–Crippen LogP) is 1.27. The summed E-state index contributed by atoms with van der Waals surface area (Å²) in [6.45, 7) is 1.33. The maximum atomic E-state index is 9.84. The summed E-state index contributed by atoms with van der Waals surface area (Å²) in [5.41, 5.74) is 0.892. The van der Waals surface area contributed by atoms with Gasteiger partial charge in [0, 0.05) is 18.8 Å². The zero-order valence-electron chi connectivity index (χ0n) is 8.50. The lowest BCUT2D eigenvalue weighted by Crippen LogP contribution is -2.09. The van der Waals surface area contributed by atoms with Gasteiger partial charge in [0.1, 0.15) is 0 Å². The fourth-order valence-electron chi connectivity index (χ4n) is 1.62. The summed E-state index contributed by atoms with van der Waals surface area (Å²) in [7, 11) is 0. The molecule has 1 aliphatic rings. The molecular weight excluding hydrogens is 194 g/mol. The van der Waals surface area contributed by atoms with Crippen molar-refractivity contribution in [1.82, 2.24) is 4.98 Å². The highest BCUT2D eigenvalue weighted by Gasteiger charge is 2.17. The first-order valence-corrected chi connectivity index (χ1v) is 5.17. The molecule has 15 heavy (non-hydrogen) atoms. The van der Waals surface area contributed by atoms with Crippen LogP contribution >= 0.6 is 0 Å². The molecule has 4 nitrogen and oxygen atoms in total. The van der Waals surface area contributed by atoms with E-state index in [-0.39, 0.29) is 6.29 Å². The number of pyridine rings is 1. The Morgan fingerprint density at radius 3 is 2.67 bits per heavy atom. The molecule has 2 heterocycles. The minimum Gasteiger partial charge on any atom is -0.388 e. The number of hydrogen-bond acceptors (Lipinski definition) is 4.